The summed E-state index contributed by atoms with van der Waals surface area (Å²) in [6.07, 6.45) is 3.78. The zero-order chi connectivity index (χ0) is 17.9. The minimum Gasteiger partial charge on any atom is -0.481 e. The van der Waals surface area contributed by atoms with E-state index < -0.39 is 5.97 Å². The van der Waals surface area contributed by atoms with Crippen LogP contribution in [0.25, 0.3) is 16.3 Å². The molecule has 1 aliphatic rings. The third-order valence-corrected chi connectivity index (χ3v) is 5.69. The Bertz CT molecular complexity index is 874. The maximum atomic E-state index is 11.4. The molecule has 3 aromatic rings. The van der Waals surface area contributed by atoms with Gasteiger partial charge in [-0.3, -0.25) is 9.69 Å². The van der Waals surface area contributed by atoms with Gasteiger partial charge >= 0.3 is 5.97 Å². The number of carbonyl (C=O) groups is 1. The highest BCUT2D eigenvalue weighted by molar-refractivity contribution is 7.13. The van der Waals surface area contributed by atoms with Crippen molar-refractivity contribution in [1.82, 2.24) is 14.7 Å². The molecule has 1 fully saturated rings. The number of carboxylic acids is 1. The highest BCUT2D eigenvalue weighted by atomic mass is 32.1. The van der Waals surface area contributed by atoms with Crippen LogP contribution in [0.4, 0.5) is 0 Å². The Morgan fingerprint density at radius 3 is 2.81 bits per heavy atom. The number of carboxylic acid groups (broad SMARTS) is 1. The molecule has 0 radical (unpaired) electrons. The predicted octanol–water partition coefficient (Wildman–Crippen LogP) is 3.90. The molecule has 1 unspecified atom stereocenters. The van der Waals surface area contributed by atoms with Crippen LogP contribution in [0.1, 0.15) is 18.4 Å². The summed E-state index contributed by atoms with van der Waals surface area (Å²) in [6.45, 7) is 2.27. The van der Waals surface area contributed by atoms with Crippen molar-refractivity contribution in [3.05, 3.63) is 59.6 Å². The van der Waals surface area contributed by atoms with Crippen LogP contribution < -0.4 is 0 Å². The van der Waals surface area contributed by atoms with Gasteiger partial charge in [0.05, 0.1) is 16.5 Å². The maximum Gasteiger partial charge on any atom is 0.307 e. The fourth-order valence-electron chi connectivity index (χ4n) is 3.50. The molecule has 1 atom stereocenters. The molecular formula is C20H21N3O2S. The predicted molar refractivity (Wildman–Crippen MR) is 103 cm³/mol. The summed E-state index contributed by atoms with van der Waals surface area (Å²) in [7, 11) is 0. The second kappa shape index (κ2) is 7.43. The van der Waals surface area contributed by atoms with E-state index in [0.717, 1.165) is 47.8 Å². The molecule has 2 aromatic heterocycles. The highest BCUT2D eigenvalue weighted by Crippen LogP contribution is 2.29. The minimum absolute atomic E-state index is 0.266. The number of thiophene rings is 1. The van der Waals surface area contributed by atoms with E-state index in [9.17, 15) is 9.90 Å². The summed E-state index contributed by atoms with van der Waals surface area (Å²) in [5.74, 6) is -0.953. The number of likely N-dealkylation sites (tertiary alicyclic amines) is 1. The summed E-state index contributed by atoms with van der Waals surface area (Å²) in [5, 5.41) is 16.2. The molecule has 3 heterocycles. The molecule has 1 aliphatic heterocycles. The van der Waals surface area contributed by atoms with Crippen molar-refractivity contribution in [2.45, 2.75) is 19.4 Å². The molecule has 0 bridgehead atoms. The quantitative estimate of drug-likeness (QED) is 0.743. The molecule has 6 heteroatoms. The van der Waals surface area contributed by atoms with E-state index >= 15 is 0 Å². The third kappa shape index (κ3) is 3.57. The summed E-state index contributed by atoms with van der Waals surface area (Å²) in [5.41, 5.74) is 3.15. The Balaban J connectivity index is 1.64. The molecule has 4 rings (SSSR count). The largest absolute Gasteiger partial charge is 0.481 e. The number of hydrogen-bond donors (Lipinski definition) is 1. The summed E-state index contributed by atoms with van der Waals surface area (Å²) < 4.78 is 1.92. The van der Waals surface area contributed by atoms with Gasteiger partial charge in [-0.15, -0.1) is 11.3 Å². The molecular weight excluding hydrogens is 346 g/mol. The average molecular weight is 367 g/mol. The SMILES string of the molecule is O=C(O)C1CCCN(Cc2cn(-c3ccccc3)nc2-c2cccs2)C1. The zero-order valence-corrected chi connectivity index (χ0v) is 15.2. The summed E-state index contributed by atoms with van der Waals surface area (Å²) in [6, 6.07) is 14.2. The maximum absolute atomic E-state index is 11.4. The van der Waals surface area contributed by atoms with Gasteiger partial charge in [-0.05, 0) is 43.0 Å². The molecule has 134 valence electrons. The molecule has 1 N–H and O–H groups in total. The first-order valence-corrected chi connectivity index (χ1v) is 9.71. The summed E-state index contributed by atoms with van der Waals surface area (Å²) in [4.78, 5) is 14.7. The van der Waals surface area contributed by atoms with Gasteiger partial charge in [-0.25, -0.2) is 4.68 Å². The lowest BCUT2D eigenvalue weighted by Crippen LogP contribution is -2.38. The fraction of sp³-hybridized carbons (Fsp3) is 0.300. The van der Waals surface area contributed by atoms with Crippen LogP contribution in [0.5, 0.6) is 0 Å². The first-order chi connectivity index (χ1) is 12.7. The Hall–Kier alpha value is -2.44. The smallest absolute Gasteiger partial charge is 0.307 e. The topological polar surface area (TPSA) is 58.4 Å². The van der Waals surface area contributed by atoms with Crippen LogP contribution >= 0.6 is 11.3 Å². The normalized spacial score (nSPS) is 18.1. The summed E-state index contributed by atoms with van der Waals surface area (Å²) >= 11 is 1.68. The van der Waals surface area contributed by atoms with E-state index in [1.165, 1.54) is 0 Å². The van der Waals surface area contributed by atoms with Gasteiger partial charge < -0.3 is 5.11 Å². The molecule has 0 amide bonds. The highest BCUT2D eigenvalue weighted by Gasteiger charge is 2.26. The number of aromatic nitrogens is 2. The first kappa shape index (κ1) is 17.0. The van der Waals surface area contributed by atoms with Gasteiger partial charge in [0.25, 0.3) is 0 Å². The van der Waals surface area contributed by atoms with Gasteiger partial charge in [0.2, 0.25) is 0 Å². The Labute approximate surface area is 156 Å². The van der Waals surface area contributed by atoms with E-state index in [0.29, 0.717) is 6.54 Å². The Morgan fingerprint density at radius 2 is 2.08 bits per heavy atom. The van der Waals surface area contributed by atoms with Gasteiger partial charge in [0.1, 0.15) is 5.69 Å². The molecule has 26 heavy (non-hydrogen) atoms. The minimum atomic E-state index is -0.687. The lowest BCUT2D eigenvalue weighted by Gasteiger charge is -2.30. The van der Waals surface area contributed by atoms with Crippen molar-refractivity contribution in [3.8, 4) is 16.3 Å². The van der Waals surface area contributed by atoms with Crippen molar-refractivity contribution in [2.75, 3.05) is 13.1 Å². The lowest BCUT2D eigenvalue weighted by atomic mass is 9.98. The second-order valence-corrected chi connectivity index (χ2v) is 7.62. The number of para-hydroxylation sites is 1. The fourth-order valence-corrected chi connectivity index (χ4v) is 4.25. The monoisotopic (exact) mass is 367 g/mol. The number of aliphatic carboxylic acids is 1. The van der Waals surface area contributed by atoms with Crippen LogP contribution in [0.3, 0.4) is 0 Å². The number of piperidine rings is 1. The molecule has 0 saturated carbocycles. The second-order valence-electron chi connectivity index (χ2n) is 6.67. The van der Waals surface area contributed by atoms with Gasteiger partial charge in [0.15, 0.2) is 0 Å². The van der Waals surface area contributed by atoms with Crippen LogP contribution in [-0.2, 0) is 11.3 Å². The van der Waals surface area contributed by atoms with Gasteiger partial charge in [-0.1, -0.05) is 24.3 Å². The standard InChI is InChI=1S/C20H21N3O2S/c24-20(25)15-6-4-10-22(12-15)13-16-14-23(17-7-2-1-3-8-17)21-19(16)18-9-5-11-26-18/h1-3,5,7-9,11,14-15H,4,6,10,12-13H2,(H,24,25). The van der Waals surface area contributed by atoms with E-state index in [4.69, 9.17) is 5.10 Å². The Morgan fingerprint density at radius 1 is 1.23 bits per heavy atom. The van der Waals surface area contributed by atoms with E-state index in [2.05, 4.69) is 22.5 Å². The van der Waals surface area contributed by atoms with Crippen LogP contribution in [-0.4, -0.2) is 38.8 Å². The van der Waals surface area contributed by atoms with Crippen LogP contribution in [0.15, 0.2) is 54.0 Å². The van der Waals surface area contributed by atoms with Crippen molar-refractivity contribution < 1.29 is 9.90 Å². The molecule has 5 nitrogen and oxygen atoms in total. The molecule has 0 aliphatic carbocycles. The number of nitrogens with zero attached hydrogens (tertiary/aromatic N) is 3. The number of rotatable bonds is 5. The van der Waals surface area contributed by atoms with Crippen molar-refractivity contribution in [1.29, 1.82) is 0 Å². The lowest BCUT2D eigenvalue weighted by molar-refractivity contribution is -0.143. The average Bonchev–Trinajstić information content (AvgIpc) is 3.32. The Kier molecular flexibility index (Phi) is 4.86. The molecule has 1 aromatic carbocycles. The van der Waals surface area contributed by atoms with Gasteiger partial charge in [0, 0.05) is 24.8 Å². The van der Waals surface area contributed by atoms with Crippen LogP contribution in [0, 0.1) is 5.92 Å². The third-order valence-electron chi connectivity index (χ3n) is 4.81. The van der Waals surface area contributed by atoms with E-state index in [-0.39, 0.29) is 5.92 Å². The number of hydrogen-bond acceptors (Lipinski definition) is 4. The van der Waals surface area contributed by atoms with Crippen molar-refractivity contribution >= 4 is 17.3 Å². The van der Waals surface area contributed by atoms with Crippen molar-refractivity contribution in [2.24, 2.45) is 5.92 Å². The number of benzene rings is 1. The van der Waals surface area contributed by atoms with Gasteiger partial charge in [-0.2, -0.15) is 5.10 Å². The van der Waals surface area contributed by atoms with E-state index in [1.54, 1.807) is 11.3 Å². The van der Waals surface area contributed by atoms with Crippen LogP contribution in [0.2, 0.25) is 0 Å². The zero-order valence-electron chi connectivity index (χ0n) is 14.4. The first-order valence-electron chi connectivity index (χ1n) is 8.84. The molecule has 0 spiro atoms. The van der Waals surface area contributed by atoms with Crippen molar-refractivity contribution in [3.63, 3.8) is 0 Å². The molecule has 1 saturated heterocycles. The van der Waals surface area contributed by atoms with E-state index in [1.807, 2.05) is 41.1 Å².